The van der Waals surface area contributed by atoms with Gasteiger partial charge < -0.3 is 0 Å². The van der Waals surface area contributed by atoms with Gasteiger partial charge in [-0.05, 0) is 6.07 Å². The zero-order valence-corrected chi connectivity index (χ0v) is 13.1. The molecule has 3 heterocycles. The summed E-state index contributed by atoms with van der Waals surface area (Å²) in [7, 11) is -3.18. The van der Waals surface area contributed by atoms with E-state index >= 15 is 0 Å². The van der Waals surface area contributed by atoms with Crippen LogP contribution >= 0.6 is 46.1 Å². The molecule has 0 radical (unpaired) electrons. The lowest BCUT2D eigenvalue weighted by atomic mass is 10.2. The molecular formula is C10H5Cl3N2O2S2. The number of thiophene rings is 1. The van der Waals surface area contributed by atoms with Crippen molar-refractivity contribution in [2.45, 2.75) is 11.5 Å². The second kappa shape index (κ2) is 4.56. The summed E-state index contributed by atoms with van der Waals surface area (Å²) in [5, 5.41) is 0.152. The summed E-state index contributed by atoms with van der Waals surface area (Å²) in [6.07, 6.45) is 0. The first-order valence-corrected chi connectivity index (χ1v) is 8.84. The Morgan fingerprint density at radius 3 is 2.53 bits per heavy atom. The summed E-state index contributed by atoms with van der Waals surface area (Å²) in [4.78, 5) is 8.35. The summed E-state index contributed by atoms with van der Waals surface area (Å²) >= 11 is 19.1. The summed E-state index contributed by atoms with van der Waals surface area (Å²) in [5.74, 6) is 0.0705. The first kappa shape index (κ1) is 13.6. The lowest BCUT2D eigenvalue weighted by Crippen LogP contribution is -1.97. The maximum atomic E-state index is 11.6. The molecular weight excluding hydrogens is 351 g/mol. The highest BCUT2D eigenvalue weighted by atomic mass is 35.5. The van der Waals surface area contributed by atoms with Gasteiger partial charge in [0.1, 0.15) is 9.49 Å². The van der Waals surface area contributed by atoms with Gasteiger partial charge in [-0.25, -0.2) is 18.4 Å². The van der Waals surface area contributed by atoms with Crippen molar-refractivity contribution in [3.8, 4) is 11.4 Å². The highest BCUT2D eigenvalue weighted by molar-refractivity contribution is 7.90. The van der Waals surface area contributed by atoms with Crippen LogP contribution in [0.5, 0.6) is 0 Å². The van der Waals surface area contributed by atoms with Gasteiger partial charge in [0.2, 0.25) is 0 Å². The topological polar surface area (TPSA) is 59.9 Å². The Morgan fingerprint density at radius 2 is 1.89 bits per heavy atom. The number of rotatable bonds is 1. The summed E-state index contributed by atoms with van der Waals surface area (Å²) in [5.41, 5.74) is 1.47. The fourth-order valence-corrected chi connectivity index (χ4v) is 5.15. The van der Waals surface area contributed by atoms with Crippen molar-refractivity contribution in [3.63, 3.8) is 0 Å². The number of hydrogen-bond donors (Lipinski definition) is 0. The van der Waals surface area contributed by atoms with Gasteiger partial charge in [-0.1, -0.05) is 34.8 Å². The van der Waals surface area contributed by atoms with Crippen LogP contribution < -0.4 is 0 Å². The first-order valence-electron chi connectivity index (χ1n) is 5.06. The Morgan fingerprint density at radius 1 is 1.16 bits per heavy atom. The zero-order valence-electron chi connectivity index (χ0n) is 9.15. The molecule has 0 fully saturated rings. The van der Waals surface area contributed by atoms with Gasteiger partial charge in [0.05, 0.1) is 27.1 Å². The fourth-order valence-electron chi connectivity index (χ4n) is 1.85. The smallest absolute Gasteiger partial charge is 0.163 e. The van der Waals surface area contributed by atoms with E-state index in [4.69, 9.17) is 34.8 Å². The van der Waals surface area contributed by atoms with E-state index < -0.39 is 9.84 Å². The molecule has 2 aromatic rings. The second-order valence-electron chi connectivity index (χ2n) is 4.03. The molecule has 1 aliphatic heterocycles. The molecule has 19 heavy (non-hydrogen) atoms. The van der Waals surface area contributed by atoms with Crippen molar-refractivity contribution in [2.24, 2.45) is 0 Å². The molecule has 100 valence electrons. The lowest BCUT2D eigenvalue weighted by Gasteiger charge is -2.03. The van der Waals surface area contributed by atoms with Crippen LogP contribution in [-0.2, 0) is 21.3 Å². The molecule has 0 amide bonds. The Kier molecular flexibility index (Phi) is 3.26. The molecule has 3 rings (SSSR count). The third-order valence-corrected chi connectivity index (χ3v) is 5.90. The Hall–Kier alpha value is -0.400. The number of hydrogen-bond acceptors (Lipinski definition) is 5. The molecule has 9 heteroatoms. The SMILES string of the molecule is O=S1(=O)Cc2nc(-c3cc(Cl)sc3Cl)nc(Cl)c2C1. The molecule has 1 aliphatic rings. The van der Waals surface area contributed by atoms with Gasteiger partial charge in [0, 0.05) is 5.56 Å². The summed E-state index contributed by atoms with van der Waals surface area (Å²) in [6, 6.07) is 1.63. The fraction of sp³-hybridized carbons (Fsp3) is 0.200. The lowest BCUT2D eigenvalue weighted by molar-refractivity contribution is 0.598. The second-order valence-corrected chi connectivity index (χ2v) is 8.74. The van der Waals surface area contributed by atoms with Crippen LogP contribution in [0.1, 0.15) is 11.3 Å². The van der Waals surface area contributed by atoms with Crippen LogP contribution in [0.25, 0.3) is 11.4 Å². The quantitative estimate of drug-likeness (QED) is 0.733. The molecule has 0 aliphatic carbocycles. The first-order chi connectivity index (χ1) is 8.85. The van der Waals surface area contributed by atoms with E-state index in [9.17, 15) is 8.42 Å². The maximum Gasteiger partial charge on any atom is 0.163 e. The van der Waals surface area contributed by atoms with Gasteiger partial charge in [-0.15, -0.1) is 11.3 Å². The van der Waals surface area contributed by atoms with Crippen molar-refractivity contribution in [1.29, 1.82) is 0 Å². The minimum Gasteiger partial charge on any atom is -0.231 e. The summed E-state index contributed by atoms with van der Waals surface area (Å²) in [6.45, 7) is 0. The van der Waals surface area contributed by atoms with Crippen LogP contribution in [0.15, 0.2) is 6.07 Å². The van der Waals surface area contributed by atoms with Gasteiger partial charge in [0.25, 0.3) is 0 Å². The standard InChI is InChI=1S/C10H5Cl3N2O2S2/c11-7-1-4(9(13)18-7)10-14-6-3-19(16,17)2-5(6)8(12)15-10/h1H,2-3H2. The molecule has 0 aromatic carbocycles. The van der Waals surface area contributed by atoms with E-state index in [1.54, 1.807) is 6.07 Å². The molecule has 0 saturated heterocycles. The Bertz CT molecular complexity index is 786. The number of fused-ring (bicyclic) bond motifs is 1. The van der Waals surface area contributed by atoms with E-state index in [-0.39, 0.29) is 16.7 Å². The van der Waals surface area contributed by atoms with Gasteiger partial charge in [0.15, 0.2) is 15.7 Å². The van der Waals surface area contributed by atoms with E-state index in [1.165, 1.54) is 11.3 Å². The van der Waals surface area contributed by atoms with Crippen LogP contribution in [0, 0.1) is 0 Å². The predicted octanol–water partition coefficient (Wildman–Crippen LogP) is 3.59. The van der Waals surface area contributed by atoms with E-state index in [1.807, 2.05) is 0 Å². The minimum atomic E-state index is -3.18. The highest BCUT2D eigenvalue weighted by Crippen LogP contribution is 2.38. The van der Waals surface area contributed by atoms with E-state index in [0.717, 1.165) is 0 Å². The average molecular weight is 356 g/mol. The molecule has 0 atom stereocenters. The number of nitrogens with zero attached hydrogens (tertiary/aromatic N) is 2. The van der Waals surface area contributed by atoms with Crippen LogP contribution in [0.2, 0.25) is 13.8 Å². The van der Waals surface area contributed by atoms with E-state index in [0.29, 0.717) is 31.3 Å². The van der Waals surface area contributed by atoms with Gasteiger partial charge in [-0.2, -0.15) is 0 Å². The zero-order chi connectivity index (χ0) is 13.8. The van der Waals surface area contributed by atoms with E-state index in [2.05, 4.69) is 9.97 Å². The van der Waals surface area contributed by atoms with Crippen molar-refractivity contribution in [2.75, 3.05) is 0 Å². The number of aromatic nitrogens is 2. The van der Waals surface area contributed by atoms with Crippen LogP contribution in [-0.4, -0.2) is 18.4 Å². The third kappa shape index (κ3) is 2.48. The number of halogens is 3. The van der Waals surface area contributed by atoms with Gasteiger partial charge in [-0.3, -0.25) is 0 Å². The highest BCUT2D eigenvalue weighted by Gasteiger charge is 2.30. The van der Waals surface area contributed by atoms with Crippen molar-refractivity contribution in [1.82, 2.24) is 9.97 Å². The normalized spacial score (nSPS) is 16.6. The largest absolute Gasteiger partial charge is 0.231 e. The molecule has 0 bridgehead atoms. The molecule has 4 nitrogen and oxygen atoms in total. The van der Waals surface area contributed by atoms with Crippen molar-refractivity contribution < 1.29 is 8.42 Å². The number of sulfone groups is 1. The van der Waals surface area contributed by atoms with Crippen molar-refractivity contribution in [3.05, 3.63) is 31.1 Å². The van der Waals surface area contributed by atoms with Crippen LogP contribution in [0.3, 0.4) is 0 Å². The molecule has 0 spiro atoms. The monoisotopic (exact) mass is 354 g/mol. The predicted molar refractivity (Wildman–Crippen MR) is 76.7 cm³/mol. The Labute approximate surface area is 128 Å². The van der Waals surface area contributed by atoms with Crippen molar-refractivity contribution >= 4 is 56.0 Å². The Balaban J connectivity index is 2.17. The minimum absolute atomic E-state index is 0.112. The molecule has 0 unspecified atom stereocenters. The third-order valence-electron chi connectivity index (χ3n) is 2.66. The summed E-state index contributed by atoms with van der Waals surface area (Å²) < 4.78 is 24.1. The molecule has 0 saturated carbocycles. The molecule has 0 N–H and O–H groups in total. The average Bonchev–Trinajstić information content (AvgIpc) is 2.77. The van der Waals surface area contributed by atoms with Crippen LogP contribution in [0.4, 0.5) is 0 Å². The van der Waals surface area contributed by atoms with Gasteiger partial charge >= 0.3 is 0 Å². The maximum absolute atomic E-state index is 11.6. The molecule has 2 aromatic heterocycles.